The van der Waals surface area contributed by atoms with Crippen LogP contribution in [0.4, 0.5) is 5.69 Å². The molecule has 0 amide bonds. The molecule has 0 aliphatic carbocycles. The molecule has 6 nitrogen and oxygen atoms in total. The first kappa shape index (κ1) is 13.5. The van der Waals surface area contributed by atoms with Crippen molar-refractivity contribution in [3.63, 3.8) is 0 Å². The van der Waals surface area contributed by atoms with Crippen LogP contribution in [0.5, 0.6) is 0 Å². The van der Waals surface area contributed by atoms with E-state index in [4.69, 9.17) is 5.53 Å². The van der Waals surface area contributed by atoms with Crippen molar-refractivity contribution in [2.75, 3.05) is 13.1 Å². The maximum absolute atomic E-state index is 12.1. The van der Waals surface area contributed by atoms with Gasteiger partial charge in [-0.3, -0.25) is 0 Å². The van der Waals surface area contributed by atoms with Gasteiger partial charge in [-0.25, -0.2) is 8.42 Å². The fourth-order valence-electron chi connectivity index (χ4n) is 1.45. The lowest BCUT2D eigenvalue weighted by atomic mass is 10.3. The van der Waals surface area contributed by atoms with Gasteiger partial charge in [-0.05, 0) is 17.7 Å². The van der Waals surface area contributed by atoms with Crippen LogP contribution in [0.15, 0.2) is 34.3 Å². The first-order valence-electron chi connectivity index (χ1n) is 5.21. The predicted molar refractivity (Wildman–Crippen MR) is 65.4 cm³/mol. The molecule has 0 heterocycles. The molecule has 0 atom stereocenters. The molecule has 0 aliphatic rings. The molecule has 0 fully saturated rings. The van der Waals surface area contributed by atoms with Gasteiger partial charge in [0.15, 0.2) is 0 Å². The van der Waals surface area contributed by atoms with Crippen molar-refractivity contribution < 1.29 is 8.42 Å². The van der Waals surface area contributed by atoms with Crippen molar-refractivity contribution in [1.29, 1.82) is 0 Å². The van der Waals surface area contributed by atoms with E-state index in [2.05, 4.69) is 10.0 Å². The maximum atomic E-state index is 12.1. The summed E-state index contributed by atoms with van der Waals surface area (Å²) in [5.74, 6) is 0. The van der Waals surface area contributed by atoms with Crippen LogP contribution in [0.3, 0.4) is 0 Å². The molecule has 17 heavy (non-hydrogen) atoms. The Morgan fingerprint density at radius 1 is 1.24 bits per heavy atom. The van der Waals surface area contributed by atoms with E-state index < -0.39 is 10.0 Å². The van der Waals surface area contributed by atoms with Crippen molar-refractivity contribution in [2.45, 2.75) is 18.7 Å². The molecule has 0 bridgehead atoms. The minimum absolute atomic E-state index is 0.207. The van der Waals surface area contributed by atoms with E-state index in [0.29, 0.717) is 18.8 Å². The van der Waals surface area contributed by atoms with Crippen LogP contribution in [0, 0.1) is 0 Å². The highest BCUT2D eigenvalue weighted by atomic mass is 32.2. The van der Waals surface area contributed by atoms with Gasteiger partial charge >= 0.3 is 0 Å². The first-order valence-corrected chi connectivity index (χ1v) is 6.65. The topological polar surface area (TPSA) is 86.1 Å². The fraction of sp³-hybridized carbons (Fsp3) is 0.400. The Labute approximate surface area is 101 Å². The van der Waals surface area contributed by atoms with Crippen molar-refractivity contribution in [1.82, 2.24) is 4.31 Å². The summed E-state index contributed by atoms with van der Waals surface area (Å²) in [6.45, 7) is 4.43. The summed E-state index contributed by atoms with van der Waals surface area (Å²) in [4.78, 5) is 2.84. The quantitative estimate of drug-likeness (QED) is 0.459. The molecule has 0 saturated carbocycles. The van der Waals surface area contributed by atoms with E-state index in [9.17, 15) is 8.42 Å². The summed E-state index contributed by atoms with van der Waals surface area (Å²) in [5, 5.41) is 3.39. The largest absolute Gasteiger partial charge is 0.243 e. The van der Waals surface area contributed by atoms with Crippen molar-refractivity contribution in [3.05, 3.63) is 34.7 Å². The van der Waals surface area contributed by atoms with Crippen LogP contribution in [0.1, 0.15) is 13.8 Å². The smallest absolute Gasteiger partial charge is 0.207 e. The SMILES string of the molecule is CCN(CC)S(=O)(=O)c1ccc(N=[N+]=[N-])cc1. The second-order valence-electron chi connectivity index (χ2n) is 3.27. The normalized spacial score (nSPS) is 11.2. The molecule has 0 aliphatic heterocycles. The molecule has 1 aromatic carbocycles. The van der Waals surface area contributed by atoms with Gasteiger partial charge in [0, 0.05) is 23.7 Å². The molecule has 0 aromatic heterocycles. The highest BCUT2D eigenvalue weighted by molar-refractivity contribution is 7.89. The van der Waals surface area contributed by atoms with E-state index in [1.54, 1.807) is 13.8 Å². The second-order valence-corrected chi connectivity index (χ2v) is 5.21. The number of hydrogen-bond acceptors (Lipinski definition) is 3. The fourth-order valence-corrected chi connectivity index (χ4v) is 2.91. The number of azide groups is 1. The Balaban J connectivity index is 3.12. The Morgan fingerprint density at radius 2 is 1.76 bits per heavy atom. The predicted octanol–water partition coefficient (Wildman–Crippen LogP) is 2.66. The molecule has 7 heteroatoms. The molecule has 0 spiro atoms. The van der Waals surface area contributed by atoms with Gasteiger partial charge < -0.3 is 0 Å². The number of rotatable bonds is 5. The zero-order chi connectivity index (χ0) is 12.9. The van der Waals surface area contributed by atoms with E-state index >= 15 is 0 Å². The Hall–Kier alpha value is -1.56. The summed E-state index contributed by atoms with van der Waals surface area (Å²) in [6, 6.07) is 5.85. The number of benzene rings is 1. The van der Waals surface area contributed by atoms with Gasteiger partial charge in [0.1, 0.15) is 0 Å². The van der Waals surface area contributed by atoms with E-state index in [1.807, 2.05) is 0 Å². The van der Waals surface area contributed by atoms with Gasteiger partial charge in [-0.1, -0.05) is 31.1 Å². The second kappa shape index (κ2) is 5.67. The molecule has 1 aromatic rings. The highest BCUT2D eigenvalue weighted by Crippen LogP contribution is 2.19. The molecule has 92 valence electrons. The van der Waals surface area contributed by atoms with Crippen LogP contribution in [0.25, 0.3) is 10.4 Å². The van der Waals surface area contributed by atoms with Crippen LogP contribution < -0.4 is 0 Å². The van der Waals surface area contributed by atoms with Crippen LogP contribution >= 0.6 is 0 Å². The lowest BCUT2D eigenvalue weighted by molar-refractivity contribution is 0.445. The lowest BCUT2D eigenvalue weighted by Gasteiger charge is -2.18. The summed E-state index contributed by atoms with van der Waals surface area (Å²) < 4.78 is 25.5. The summed E-state index contributed by atoms with van der Waals surface area (Å²) in [6.07, 6.45) is 0. The molecule has 0 radical (unpaired) electrons. The average Bonchev–Trinajstić information content (AvgIpc) is 2.31. The third kappa shape index (κ3) is 2.97. The Kier molecular flexibility index (Phi) is 4.51. The highest BCUT2D eigenvalue weighted by Gasteiger charge is 2.20. The van der Waals surface area contributed by atoms with Gasteiger partial charge in [-0.2, -0.15) is 4.31 Å². The summed E-state index contributed by atoms with van der Waals surface area (Å²) in [5.41, 5.74) is 8.64. The minimum Gasteiger partial charge on any atom is -0.207 e. The number of nitrogens with zero attached hydrogens (tertiary/aromatic N) is 4. The van der Waals surface area contributed by atoms with Gasteiger partial charge in [0.05, 0.1) is 4.90 Å². The zero-order valence-electron chi connectivity index (χ0n) is 9.74. The van der Waals surface area contributed by atoms with Crippen molar-refractivity contribution in [3.8, 4) is 0 Å². The Morgan fingerprint density at radius 3 is 2.18 bits per heavy atom. The average molecular weight is 254 g/mol. The Bertz CT molecular complexity index is 514. The van der Waals surface area contributed by atoms with E-state index in [1.165, 1.54) is 28.6 Å². The molecule has 1 rings (SSSR count). The van der Waals surface area contributed by atoms with E-state index in [0.717, 1.165) is 0 Å². The number of hydrogen-bond donors (Lipinski definition) is 0. The lowest BCUT2D eigenvalue weighted by Crippen LogP contribution is -2.30. The summed E-state index contributed by atoms with van der Waals surface area (Å²) >= 11 is 0. The van der Waals surface area contributed by atoms with Gasteiger partial charge in [0.2, 0.25) is 10.0 Å². The molecule has 0 unspecified atom stereocenters. The van der Waals surface area contributed by atoms with Crippen LogP contribution in [-0.4, -0.2) is 25.8 Å². The van der Waals surface area contributed by atoms with E-state index in [-0.39, 0.29) is 4.90 Å². The van der Waals surface area contributed by atoms with Crippen molar-refractivity contribution >= 4 is 15.7 Å². The third-order valence-electron chi connectivity index (χ3n) is 2.34. The zero-order valence-corrected chi connectivity index (χ0v) is 10.6. The monoisotopic (exact) mass is 254 g/mol. The summed E-state index contributed by atoms with van der Waals surface area (Å²) in [7, 11) is -3.43. The van der Waals surface area contributed by atoms with Gasteiger partial charge in [-0.15, -0.1) is 0 Å². The molecular formula is C10H14N4O2S. The molecular weight excluding hydrogens is 240 g/mol. The minimum atomic E-state index is -3.43. The molecule has 0 N–H and O–H groups in total. The number of sulfonamides is 1. The van der Waals surface area contributed by atoms with Crippen LogP contribution in [0.2, 0.25) is 0 Å². The standard InChI is InChI=1S/C10H14N4O2S/c1-3-14(4-2)17(15,16)10-7-5-9(6-8-10)12-13-11/h5-8H,3-4H2,1-2H3. The third-order valence-corrected chi connectivity index (χ3v) is 4.40. The first-order chi connectivity index (χ1) is 8.06. The maximum Gasteiger partial charge on any atom is 0.243 e. The van der Waals surface area contributed by atoms with Crippen molar-refractivity contribution in [2.24, 2.45) is 5.11 Å². The van der Waals surface area contributed by atoms with Crippen LogP contribution in [-0.2, 0) is 10.0 Å². The molecule has 0 saturated heterocycles. The van der Waals surface area contributed by atoms with Gasteiger partial charge in [0.25, 0.3) is 0 Å².